The van der Waals surface area contributed by atoms with E-state index in [2.05, 4.69) is 10.2 Å². The van der Waals surface area contributed by atoms with Crippen LogP contribution in [0.1, 0.15) is 25.0 Å². The normalized spacial score (nSPS) is 12.9. The van der Waals surface area contributed by atoms with Crippen molar-refractivity contribution >= 4 is 22.4 Å². The maximum atomic E-state index is 13.0. The van der Waals surface area contributed by atoms with Gasteiger partial charge in [-0.25, -0.2) is 5.10 Å². The molecule has 4 aromatic rings. The second-order valence-corrected chi connectivity index (χ2v) is 8.57. The van der Waals surface area contributed by atoms with E-state index in [1.54, 1.807) is 6.07 Å². The molecule has 33 heavy (non-hydrogen) atoms. The molecule has 3 aromatic carbocycles. The third-order valence-corrected chi connectivity index (χ3v) is 5.90. The van der Waals surface area contributed by atoms with Gasteiger partial charge in [0.05, 0.1) is 23.6 Å². The number of nitrogens with one attached hydrogen (secondary N) is 1. The van der Waals surface area contributed by atoms with Gasteiger partial charge in [0.15, 0.2) is 0 Å². The molecule has 0 fully saturated rings. The molecular weight excluding hydrogens is 414 g/mol. The Hall–Kier alpha value is -3.93. The highest BCUT2D eigenvalue weighted by molar-refractivity contribution is 5.97. The highest BCUT2D eigenvalue weighted by Gasteiger charge is 2.25. The molecule has 1 N–H and O–H groups in total. The number of aromatic nitrogens is 2. The first-order valence-electron chi connectivity index (χ1n) is 11.2. The highest BCUT2D eigenvalue weighted by Crippen LogP contribution is 2.32. The topological polar surface area (TPSA) is 75.3 Å². The Morgan fingerprint density at radius 3 is 2.58 bits per heavy atom. The lowest BCUT2D eigenvalue weighted by Crippen LogP contribution is -2.30. The lowest BCUT2D eigenvalue weighted by atomic mass is 10.0. The fraction of sp³-hybridized carbons (Fsp3) is 0.222. The van der Waals surface area contributed by atoms with Gasteiger partial charge in [-0.1, -0.05) is 42.5 Å². The van der Waals surface area contributed by atoms with Gasteiger partial charge in [-0.05, 0) is 55.7 Å². The number of ether oxygens (including phenoxy) is 1. The second-order valence-electron chi connectivity index (χ2n) is 8.57. The Balaban J connectivity index is 1.34. The molecule has 0 atom stereocenters. The van der Waals surface area contributed by atoms with Crippen LogP contribution in [0.2, 0.25) is 0 Å². The molecule has 0 saturated carbocycles. The SMILES string of the molecule is CC(C)Oc1ccc2c(c1)CCN2C(=O)Cc1ccc(-c2n[nH]c(=O)c3ccccc23)cc1. The van der Waals surface area contributed by atoms with Gasteiger partial charge in [0.2, 0.25) is 5.91 Å². The van der Waals surface area contributed by atoms with Gasteiger partial charge in [0.1, 0.15) is 5.75 Å². The molecule has 6 nitrogen and oxygen atoms in total. The van der Waals surface area contributed by atoms with E-state index >= 15 is 0 Å². The maximum Gasteiger partial charge on any atom is 0.272 e. The number of amides is 1. The van der Waals surface area contributed by atoms with E-state index in [1.807, 2.05) is 79.4 Å². The van der Waals surface area contributed by atoms with E-state index in [4.69, 9.17) is 4.74 Å². The van der Waals surface area contributed by atoms with Crippen molar-refractivity contribution in [1.29, 1.82) is 0 Å². The van der Waals surface area contributed by atoms with E-state index in [9.17, 15) is 9.59 Å². The average molecular weight is 440 g/mol. The van der Waals surface area contributed by atoms with Crippen LogP contribution in [0.15, 0.2) is 71.5 Å². The molecule has 0 bridgehead atoms. The predicted molar refractivity (Wildman–Crippen MR) is 130 cm³/mol. The zero-order chi connectivity index (χ0) is 22.9. The van der Waals surface area contributed by atoms with Crippen LogP contribution in [-0.4, -0.2) is 28.8 Å². The minimum Gasteiger partial charge on any atom is -0.491 e. The summed E-state index contributed by atoms with van der Waals surface area (Å²) < 4.78 is 5.78. The number of hydrogen-bond donors (Lipinski definition) is 1. The number of benzene rings is 3. The average Bonchev–Trinajstić information content (AvgIpc) is 3.23. The van der Waals surface area contributed by atoms with Crippen molar-refractivity contribution in [2.45, 2.75) is 32.8 Å². The zero-order valence-electron chi connectivity index (χ0n) is 18.7. The summed E-state index contributed by atoms with van der Waals surface area (Å²) in [4.78, 5) is 27.0. The van der Waals surface area contributed by atoms with Gasteiger partial charge in [0, 0.05) is 23.2 Å². The van der Waals surface area contributed by atoms with Gasteiger partial charge >= 0.3 is 0 Å². The summed E-state index contributed by atoms with van der Waals surface area (Å²) in [7, 11) is 0. The molecule has 0 spiro atoms. The predicted octanol–water partition coefficient (Wildman–Crippen LogP) is 4.51. The molecule has 0 saturated heterocycles. The highest BCUT2D eigenvalue weighted by atomic mass is 16.5. The van der Waals surface area contributed by atoms with E-state index in [0.29, 0.717) is 18.4 Å². The number of hydrogen-bond acceptors (Lipinski definition) is 4. The maximum absolute atomic E-state index is 13.0. The summed E-state index contributed by atoms with van der Waals surface area (Å²) in [6.07, 6.45) is 1.28. The number of anilines is 1. The summed E-state index contributed by atoms with van der Waals surface area (Å²) in [5.74, 6) is 0.920. The molecule has 0 aliphatic carbocycles. The number of aromatic amines is 1. The molecule has 1 aromatic heterocycles. The fourth-order valence-electron chi connectivity index (χ4n) is 4.37. The number of carbonyl (C=O) groups excluding carboxylic acids is 1. The summed E-state index contributed by atoms with van der Waals surface area (Å²) >= 11 is 0. The first-order chi connectivity index (χ1) is 16.0. The molecule has 2 heterocycles. The number of carbonyl (C=O) groups is 1. The molecule has 1 aliphatic heterocycles. The van der Waals surface area contributed by atoms with Crippen LogP contribution in [0.5, 0.6) is 5.75 Å². The van der Waals surface area contributed by atoms with Crippen molar-refractivity contribution in [1.82, 2.24) is 10.2 Å². The largest absolute Gasteiger partial charge is 0.491 e. The second kappa shape index (κ2) is 8.54. The third kappa shape index (κ3) is 4.12. The van der Waals surface area contributed by atoms with E-state index in [1.165, 1.54) is 0 Å². The van der Waals surface area contributed by atoms with Gasteiger partial charge in [-0.3, -0.25) is 9.59 Å². The molecule has 166 valence electrons. The Bertz CT molecular complexity index is 1390. The van der Waals surface area contributed by atoms with Crippen LogP contribution in [0.25, 0.3) is 22.0 Å². The molecule has 6 heteroatoms. The van der Waals surface area contributed by atoms with Crippen LogP contribution in [-0.2, 0) is 17.6 Å². The first-order valence-corrected chi connectivity index (χ1v) is 11.2. The van der Waals surface area contributed by atoms with Crippen LogP contribution in [0, 0.1) is 0 Å². The van der Waals surface area contributed by atoms with Crippen molar-refractivity contribution in [3.8, 4) is 17.0 Å². The van der Waals surface area contributed by atoms with E-state index < -0.39 is 0 Å². The smallest absolute Gasteiger partial charge is 0.272 e. The van der Waals surface area contributed by atoms with Crippen molar-refractivity contribution in [2.75, 3.05) is 11.4 Å². The summed E-state index contributed by atoms with van der Waals surface area (Å²) in [6, 6.07) is 21.2. The fourth-order valence-corrected chi connectivity index (χ4v) is 4.37. The van der Waals surface area contributed by atoms with Gasteiger partial charge in [0.25, 0.3) is 5.56 Å². The lowest BCUT2D eigenvalue weighted by molar-refractivity contribution is -0.117. The monoisotopic (exact) mass is 439 g/mol. The van der Waals surface area contributed by atoms with Crippen molar-refractivity contribution in [3.05, 3.63) is 88.2 Å². The molecule has 0 radical (unpaired) electrons. The number of H-pyrrole nitrogens is 1. The van der Waals surface area contributed by atoms with Crippen LogP contribution >= 0.6 is 0 Å². The zero-order valence-corrected chi connectivity index (χ0v) is 18.7. The van der Waals surface area contributed by atoms with E-state index in [-0.39, 0.29) is 17.6 Å². The third-order valence-electron chi connectivity index (χ3n) is 5.90. The Morgan fingerprint density at radius 2 is 1.82 bits per heavy atom. The quantitative estimate of drug-likeness (QED) is 0.497. The first kappa shape index (κ1) is 20.9. The summed E-state index contributed by atoms with van der Waals surface area (Å²) in [6.45, 7) is 4.69. The summed E-state index contributed by atoms with van der Waals surface area (Å²) in [5.41, 5.74) is 4.46. The Kier molecular flexibility index (Phi) is 5.42. The Labute approximate surface area is 191 Å². The molecule has 5 rings (SSSR count). The molecular formula is C27H25N3O3. The molecule has 1 amide bonds. The van der Waals surface area contributed by atoms with E-state index in [0.717, 1.165) is 45.6 Å². The standard InChI is InChI=1S/C27H25N3O3/c1-17(2)33-21-11-12-24-20(16-21)13-14-30(24)25(31)15-18-7-9-19(10-8-18)26-22-5-3-4-6-23(22)27(32)29-28-26/h3-12,16-17H,13-15H2,1-2H3,(H,29,32). The van der Waals surface area contributed by atoms with Crippen LogP contribution in [0.4, 0.5) is 5.69 Å². The van der Waals surface area contributed by atoms with Gasteiger partial charge in [-0.15, -0.1) is 0 Å². The number of rotatable bonds is 5. The van der Waals surface area contributed by atoms with Crippen molar-refractivity contribution in [3.63, 3.8) is 0 Å². The number of nitrogens with zero attached hydrogens (tertiary/aromatic N) is 2. The van der Waals surface area contributed by atoms with Gasteiger partial charge in [-0.2, -0.15) is 5.10 Å². The summed E-state index contributed by atoms with van der Waals surface area (Å²) in [5, 5.41) is 8.24. The minimum atomic E-state index is -0.203. The van der Waals surface area contributed by atoms with Crippen molar-refractivity contribution < 1.29 is 9.53 Å². The Morgan fingerprint density at radius 1 is 1.06 bits per heavy atom. The van der Waals surface area contributed by atoms with Gasteiger partial charge < -0.3 is 9.64 Å². The molecule has 0 unspecified atom stereocenters. The van der Waals surface area contributed by atoms with Crippen LogP contribution < -0.4 is 15.2 Å². The minimum absolute atomic E-state index is 0.0756. The lowest BCUT2D eigenvalue weighted by Gasteiger charge is -2.18. The van der Waals surface area contributed by atoms with Crippen molar-refractivity contribution in [2.24, 2.45) is 0 Å². The molecule has 1 aliphatic rings. The van der Waals surface area contributed by atoms with Crippen LogP contribution in [0.3, 0.4) is 0 Å². The number of fused-ring (bicyclic) bond motifs is 2.